The monoisotopic (exact) mass is 224 g/mol. The summed E-state index contributed by atoms with van der Waals surface area (Å²) in [5.41, 5.74) is 2.07. The van der Waals surface area contributed by atoms with Gasteiger partial charge in [-0.3, -0.25) is 4.79 Å². The lowest BCUT2D eigenvalue weighted by Crippen LogP contribution is -2.00. The maximum absolute atomic E-state index is 11.7. The second-order valence-electron chi connectivity index (χ2n) is 3.67. The summed E-state index contributed by atoms with van der Waals surface area (Å²) in [5.74, 6) is 0.758. The van der Waals surface area contributed by atoms with Crippen LogP contribution < -0.4 is 0 Å². The van der Waals surface area contributed by atoms with Gasteiger partial charge in [-0.15, -0.1) is 11.6 Å². The molecule has 0 aromatic heterocycles. The van der Waals surface area contributed by atoms with E-state index in [1.54, 1.807) is 0 Å². The third kappa shape index (κ3) is 4.05. The van der Waals surface area contributed by atoms with Gasteiger partial charge in [0.2, 0.25) is 0 Å². The molecule has 1 aromatic rings. The number of carbonyl (C=O) groups excluding carboxylic acids is 1. The van der Waals surface area contributed by atoms with Gasteiger partial charge in [-0.25, -0.2) is 0 Å². The van der Waals surface area contributed by atoms with Gasteiger partial charge in [-0.1, -0.05) is 31.5 Å². The molecule has 0 bridgehead atoms. The number of alkyl halides is 1. The first kappa shape index (κ1) is 12.3. The normalized spacial score (nSPS) is 10.3. The van der Waals surface area contributed by atoms with Crippen molar-refractivity contribution in [2.75, 3.05) is 5.88 Å². The van der Waals surface area contributed by atoms with Crippen LogP contribution in [0.25, 0.3) is 0 Å². The summed E-state index contributed by atoms with van der Waals surface area (Å²) in [5, 5.41) is 0. The Morgan fingerprint density at radius 1 is 1.40 bits per heavy atom. The van der Waals surface area contributed by atoms with E-state index in [0.29, 0.717) is 12.3 Å². The van der Waals surface area contributed by atoms with Crippen molar-refractivity contribution >= 4 is 17.4 Å². The number of hydrogen-bond acceptors (Lipinski definition) is 1. The molecule has 0 radical (unpaired) electrons. The first-order chi connectivity index (χ1) is 7.27. The van der Waals surface area contributed by atoms with Gasteiger partial charge in [0.15, 0.2) is 5.78 Å². The number of halogens is 1. The minimum Gasteiger partial charge on any atom is -0.294 e. The molecular weight excluding hydrogens is 208 g/mol. The first-order valence-corrected chi connectivity index (χ1v) is 5.99. The molecule has 0 atom stereocenters. The molecule has 1 nitrogen and oxygen atoms in total. The SMILES string of the molecule is CCCc1cccc(C(=O)CCCCl)c1. The lowest BCUT2D eigenvalue weighted by atomic mass is 10.0. The zero-order valence-electron chi connectivity index (χ0n) is 9.13. The Balaban J connectivity index is 2.67. The molecule has 0 N–H and O–H groups in total. The Morgan fingerprint density at radius 3 is 2.87 bits per heavy atom. The van der Waals surface area contributed by atoms with Gasteiger partial charge in [-0.05, 0) is 24.5 Å². The zero-order valence-corrected chi connectivity index (χ0v) is 9.89. The van der Waals surface area contributed by atoms with E-state index in [-0.39, 0.29) is 5.78 Å². The van der Waals surface area contributed by atoms with Crippen LogP contribution in [-0.4, -0.2) is 11.7 Å². The second kappa shape index (κ2) is 6.62. The molecule has 0 aliphatic heterocycles. The summed E-state index contributed by atoms with van der Waals surface area (Å²) >= 11 is 5.56. The van der Waals surface area contributed by atoms with Crippen LogP contribution in [0.2, 0.25) is 0 Å². The Bertz CT molecular complexity index is 320. The van der Waals surface area contributed by atoms with Crippen LogP contribution in [-0.2, 0) is 6.42 Å². The molecule has 82 valence electrons. The summed E-state index contributed by atoms with van der Waals surface area (Å²) in [6, 6.07) is 7.91. The smallest absolute Gasteiger partial charge is 0.162 e. The zero-order chi connectivity index (χ0) is 11.1. The Morgan fingerprint density at radius 2 is 2.20 bits per heavy atom. The molecule has 0 unspecified atom stereocenters. The van der Waals surface area contributed by atoms with Gasteiger partial charge in [0, 0.05) is 17.9 Å². The molecule has 0 aliphatic rings. The summed E-state index contributed by atoms with van der Waals surface area (Å²) < 4.78 is 0. The Labute approximate surface area is 96.5 Å². The van der Waals surface area contributed by atoms with Gasteiger partial charge < -0.3 is 0 Å². The van der Waals surface area contributed by atoms with Crippen LogP contribution in [0.1, 0.15) is 42.1 Å². The Hall–Kier alpha value is -0.820. The highest BCUT2D eigenvalue weighted by Crippen LogP contribution is 2.10. The van der Waals surface area contributed by atoms with E-state index in [9.17, 15) is 4.79 Å². The lowest BCUT2D eigenvalue weighted by Gasteiger charge is -2.03. The molecule has 2 heteroatoms. The molecule has 0 saturated carbocycles. The topological polar surface area (TPSA) is 17.1 Å². The third-order valence-corrected chi connectivity index (χ3v) is 2.59. The first-order valence-electron chi connectivity index (χ1n) is 5.46. The number of carbonyl (C=O) groups is 1. The fourth-order valence-electron chi connectivity index (χ4n) is 1.56. The maximum Gasteiger partial charge on any atom is 0.162 e. The van der Waals surface area contributed by atoms with Gasteiger partial charge in [0.1, 0.15) is 0 Å². The van der Waals surface area contributed by atoms with Crippen molar-refractivity contribution in [3.05, 3.63) is 35.4 Å². The number of ketones is 1. The van der Waals surface area contributed by atoms with E-state index in [1.165, 1.54) is 5.56 Å². The van der Waals surface area contributed by atoms with E-state index in [2.05, 4.69) is 13.0 Å². The lowest BCUT2D eigenvalue weighted by molar-refractivity contribution is 0.0982. The molecule has 0 spiro atoms. The molecule has 0 heterocycles. The highest BCUT2D eigenvalue weighted by molar-refractivity contribution is 6.18. The van der Waals surface area contributed by atoms with E-state index >= 15 is 0 Å². The summed E-state index contributed by atoms with van der Waals surface area (Å²) in [7, 11) is 0. The van der Waals surface area contributed by atoms with Crippen molar-refractivity contribution in [3.63, 3.8) is 0 Å². The summed E-state index contributed by atoms with van der Waals surface area (Å²) in [6.07, 6.45) is 3.47. The molecule has 0 fully saturated rings. The summed E-state index contributed by atoms with van der Waals surface area (Å²) in [6.45, 7) is 2.14. The molecule has 0 amide bonds. The standard InChI is InChI=1S/C13H17ClO/c1-2-5-11-6-3-7-12(10-11)13(15)8-4-9-14/h3,6-7,10H,2,4-5,8-9H2,1H3. The summed E-state index contributed by atoms with van der Waals surface area (Å²) in [4.78, 5) is 11.7. The van der Waals surface area contributed by atoms with Crippen molar-refractivity contribution in [1.29, 1.82) is 0 Å². The maximum atomic E-state index is 11.7. The van der Waals surface area contributed by atoms with Crippen LogP contribution in [0.5, 0.6) is 0 Å². The van der Waals surface area contributed by atoms with Gasteiger partial charge in [0.05, 0.1) is 0 Å². The number of rotatable bonds is 6. The minimum absolute atomic E-state index is 0.202. The van der Waals surface area contributed by atoms with Gasteiger partial charge in [-0.2, -0.15) is 0 Å². The third-order valence-electron chi connectivity index (χ3n) is 2.33. The van der Waals surface area contributed by atoms with Crippen molar-refractivity contribution in [1.82, 2.24) is 0 Å². The molecule has 15 heavy (non-hydrogen) atoms. The highest BCUT2D eigenvalue weighted by atomic mass is 35.5. The molecule has 0 saturated heterocycles. The highest BCUT2D eigenvalue weighted by Gasteiger charge is 2.05. The predicted octanol–water partition coefficient (Wildman–Crippen LogP) is 3.84. The van der Waals surface area contributed by atoms with Crippen LogP contribution >= 0.6 is 11.6 Å². The average Bonchev–Trinajstić information content (AvgIpc) is 2.27. The van der Waals surface area contributed by atoms with Crippen LogP contribution in [0.4, 0.5) is 0 Å². The van der Waals surface area contributed by atoms with Crippen molar-refractivity contribution in [2.24, 2.45) is 0 Å². The Kier molecular flexibility index (Phi) is 5.41. The van der Waals surface area contributed by atoms with Crippen molar-refractivity contribution in [3.8, 4) is 0 Å². The van der Waals surface area contributed by atoms with Crippen molar-refractivity contribution < 1.29 is 4.79 Å². The fourth-order valence-corrected chi connectivity index (χ4v) is 1.69. The molecule has 1 aromatic carbocycles. The number of Topliss-reactive ketones (excluding diaryl/α,β-unsaturated/α-hetero) is 1. The van der Waals surface area contributed by atoms with Crippen LogP contribution in [0, 0.1) is 0 Å². The van der Waals surface area contributed by atoms with E-state index in [4.69, 9.17) is 11.6 Å². The largest absolute Gasteiger partial charge is 0.294 e. The van der Waals surface area contributed by atoms with E-state index in [1.807, 2.05) is 18.2 Å². The second-order valence-corrected chi connectivity index (χ2v) is 4.04. The van der Waals surface area contributed by atoms with E-state index < -0.39 is 0 Å². The molecule has 1 rings (SSSR count). The number of aryl methyl sites for hydroxylation is 1. The number of hydrogen-bond donors (Lipinski definition) is 0. The fraction of sp³-hybridized carbons (Fsp3) is 0.462. The quantitative estimate of drug-likeness (QED) is 0.530. The number of benzene rings is 1. The predicted molar refractivity (Wildman–Crippen MR) is 64.7 cm³/mol. The van der Waals surface area contributed by atoms with Crippen LogP contribution in [0.3, 0.4) is 0 Å². The van der Waals surface area contributed by atoms with Crippen molar-refractivity contribution in [2.45, 2.75) is 32.6 Å². The van der Waals surface area contributed by atoms with Gasteiger partial charge in [0.25, 0.3) is 0 Å². The van der Waals surface area contributed by atoms with E-state index in [0.717, 1.165) is 24.8 Å². The molecule has 0 aliphatic carbocycles. The van der Waals surface area contributed by atoms with Crippen LogP contribution in [0.15, 0.2) is 24.3 Å². The molecular formula is C13H17ClO. The minimum atomic E-state index is 0.202. The average molecular weight is 225 g/mol. The van der Waals surface area contributed by atoms with Gasteiger partial charge >= 0.3 is 0 Å².